The van der Waals surface area contributed by atoms with Crippen molar-refractivity contribution < 1.29 is 23.9 Å². The van der Waals surface area contributed by atoms with Crippen LogP contribution in [0.25, 0.3) is 0 Å². The number of rotatable bonds is 8. The Bertz CT molecular complexity index is 699. The number of amides is 5. The van der Waals surface area contributed by atoms with Gasteiger partial charge in [-0.05, 0) is 24.1 Å². The first-order valence-corrected chi connectivity index (χ1v) is 7.65. The molecule has 8 heteroatoms. The first kappa shape index (κ1) is 18.2. The SMILES string of the molecule is C=CCN1C(=O)C(=O)N(CC(=O)NCCc2ccc(OC)cc2)C1=O. The first-order valence-electron chi connectivity index (χ1n) is 7.65. The maximum absolute atomic E-state index is 12.0. The highest BCUT2D eigenvalue weighted by Gasteiger charge is 2.44. The molecule has 1 fully saturated rings. The summed E-state index contributed by atoms with van der Waals surface area (Å²) in [6, 6.07) is 6.59. The van der Waals surface area contributed by atoms with E-state index in [-0.39, 0.29) is 6.54 Å². The third-order valence-corrected chi connectivity index (χ3v) is 3.64. The summed E-state index contributed by atoms with van der Waals surface area (Å²) in [5.74, 6) is -1.72. The van der Waals surface area contributed by atoms with Crippen molar-refractivity contribution in [2.45, 2.75) is 6.42 Å². The van der Waals surface area contributed by atoms with Crippen LogP contribution < -0.4 is 10.1 Å². The molecular formula is C17H19N3O5. The zero-order valence-corrected chi connectivity index (χ0v) is 13.9. The fourth-order valence-corrected chi connectivity index (χ4v) is 2.32. The molecule has 0 unspecified atom stereocenters. The fourth-order valence-electron chi connectivity index (χ4n) is 2.32. The predicted octanol–water partition coefficient (Wildman–Crippen LogP) is 0.331. The number of carbonyl (C=O) groups excluding carboxylic acids is 4. The van der Waals surface area contributed by atoms with Crippen LogP contribution in [0.4, 0.5) is 4.79 Å². The summed E-state index contributed by atoms with van der Waals surface area (Å²) < 4.78 is 5.06. The molecule has 0 bridgehead atoms. The van der Waals surface area contributed by atoms with E-state index in [0.29, 0.717) is 17.9 Å². The minimum Gasteiger partial charge on any atom is -0.497 e. The molecule has 0 aromatic heterocycles. The van der Waals surface area contributed by atoms with E-state index in [1.165, 1.54) is 6.08 Å². The highest BCUT2D eigenvalue weighted by Crippen LogP contribution is 2.12. The molecule has 1 aromatic carbocycles. The number of nitrogens with one attached hydrogen (secondary N) is 1. The summed E-state index contributed by atoms with van der Waals surface area (Å²) in [5.41, 5.74) is 1.00. The summed E-state index contributed by atoms with van der Waals surface area (Å²) in [6.07, 6.45) is 1.92. The van der Waals surface area contributed by atoms with Gasteiger partial charge >= 0.3 is 17.8 Å². The van der Waals surface area contributed by atoms with E-state index in [4.69, 9.17) is 4.74 Å². The largest absolute Gasteiger partial charge is 0.497 e. The molecular weight excluding hydrogens is 326 g/mol. The lowest BCUT2D eigenvalue weighted by atomic mass is 10.1. The zero-order chi connectivity index (χ0) is 18.4. The normalized spacial score (nSPS) is 14.0. The minimum atomic E-state index is -1.00. The monoisotopic (exact) mass is 345 g/mol. The van der Waals surface area contributed by atoms with Crippen molar-refractivity contribution >= 4 is 23.8 Å². The Morgan fingerprint density at radius 2 is 1.80 bits per heavy atom. The Kier molecular flexibility index (Phi) is 5.89. The van der Waals surface area contributed by atoms with Gasteiger partial charge < -0.3 is 10.1 Å². The maximum Gasteiger partial charge on any atom is 0.335 e. The smallest absolute Gasteiger partial charge is 0.335 e. The number of methoxy groups -OCH3 is 1. The topological polar surface area (TPSA) is 96.0 Å². The molecule has 132 valence electrons. The average Bonchev–Trinajstić information content (AvgIpc) is 2.81. The number of ether oxygens (including phenoxy) is 1. The van der Waals surface area contributed by atoms with Gasteiger partial charge in [-0.1, -0.05) is 18.2 Å². The lowest BCUT2D eigenvalue weighted by Crippen LogP contribution is -2.42. The molecule has 0 radical (unpaired) electrons. The van der Waals surface area contributed by atoms with E-state index in [9.17, 15) is 19.2 Å². The second kappa shape index (κ2) is 8.09. The second-order valence-corrected chi connectivity index (χ2v) is 5.33. The van der Waals surface area contributed by atoms with Crippen LogP contribution in [-0.2, 0) is 20.8 Å². The van der Waals surface area contributed by atoms with Crippen molar-refractivity contribution in [2.75, 3.05) is 26.7 Å². The van der Waals surface area contributed by atoms with Crippen LogP contribution in [-0.4, -0.2) is 60.3 Å². The molecule has 1 N–H and O–H groups in total. The van der Waals surface area contributed by atoms with Crippen LogP contribution in [0, 0.1) is 0 Å². The average molecular weight is 345 g/mol. The number of hydrogen-bond acceptors (Lipinski definition) is 5. The first-order chi connectivity index (χ1) is 12.0. The summed E-state index contributed by atoms with van der Waals surface area (Å²) in [6.45, 7) is 3.20. The molecule has 1 heterocycles. The molecule has 1 saturated heterocycles. The van der Waals surface area contributed by atoms with E-state index in [0.717, 1.165) is 16.2 Å². The number of hydrogen-bond donors (Lipinski definition) is 1. The van der Waals surface area contributed by atoms with Gasteiger partial charge in [0.05, 0.1) is 7.11 Å². The molecule has 0 aliphatic carbocycles. The Balaban J connectivity index is 1.83. The van der Waals surface area contributed by atoms with Crippen molar-refractivity contribution in [2.24, 2.45) is 0 Å². The number of carbonyl (C=O) groups is 4. The van der Waals surface area contributed by atoms with Gasteiger partial charge in [0.25, 0.3) is 0 Å². The Morgan fingerprint density at radius 1 is 1.16 bits per heavy atom. The lowest BCUT2D eigenvalue weighted by molar-refractivity contribution is -0.143. The second-order valence-electron chi connectivity index (χ2n) is 5.33. The predicted molar refractivity (Wildman–Crippen MR) is 88.7 cm³/mol. The van der Waals surface area contributed by atoms with Crippen molar-refractivity contribution in [3.8, 4) is 5.75 Å². The maximum atomic E-state index is 12.0. The molecule has 5 amide bonds. The van der Waals surface area contributed by atoms with Crippen LogP contribution in [0.5, 0.6) is 5.75 Å². The summed E-state index contributed by atoms with van der Waals surface area (Å²) >= 11 is 0. The third-order valence-electron chi connectivity index (χ3n) is 3.64. The molecule has 8 nitrogen and oxygen atoms in total. The number of benzene rings is 1. The Hall–Kier alpha value is -3.16. The van der Waals surface area contributed by atoms with E-state index in [1.54, 1.807) is 7.11 Å². The van der Waals surface area contributed by atoms with E-state index in [2.05, 4.69) is 11.9 Å². The van der Waals surface area contributed by atoms with Gasteiger partial charge in [-0.2, -0.15) is 0 Å². The van der Waals surface area contributed by atoms with Gasteiger partial charge in [-0.25, -0.2) is 9.69 Å². The minimum absolute atomic E-state index is 0.0704. The number of nitrogens with zero attached hydrogens (tertiary/aromatic N) is 2. The van der Waals surface area contributed by atoms with Crippen molar-refractivity contribution in [3.63, 3.8) is 0 Å². The van der Waals surface area contributed by atoms with Gasteiger partial charge in [0.1, 0.15) is 12.3 Å². The van der Waals surface area contributed by atoms with Crippen LogP contribution in [0.1, 0.15) is 5.56 Å². The molecule has 1 aromatic rings. The van der Waals surface area contributed by atoms with Crippen LogP contribution in [0.2, 0.25) is 0 Å². The van der Waals surface area contributed by atoms with Gasteiger partial charge in [0.2, 0.25) is 5.91 Å². The third kappa shape index (κ3) is 4.23. The van der Waals surface area contributed by atoms with Crippen molar-refractivity contribution in [1.29, 1.82) is 0 Å². The standard InChI is InChI=1S/C17H19N3O5/c1-3-10-19-15(22)16(23)20(17(19)24)11-14(21)18-9-8-12-4-6-13(25-2)7-5-12/h3-7H,1,8-11H2,2H3,(H,18,21). The van der Waals surface area contributed by atoms with Gasteiger partial charge in [0.15, 0.2) is 0 Å². The van der Waals surface area contributed by atoms with Crippen LogP contribution >= 0.6 is 0 Å². The van der Waals surface area contributed by atoms with E-state index in [1.807, 2.05) is 24.3 Å². The lowest BCUT2D eigenvalue weighted by Gasteiger charge is -2.14. The van der Waals surface area contributed by atoms with Crippen LogP contribution in [0.15, 0.2) is 36.9 Å². The molecule has 1 aliphatic rings. The quantitative estimate of drug-likeness (QED) is 0.416. The van der Waals surface area contributed by atoms with E-state index < -0.39 is 30.3 Å². The summed E-state index contributed by atoms with van der Waals surface area (Å²) in [4.78, 5) is 48.7. The fraction of sp³-hybridized carbons (Fsp3) is 0.294. The number of urea groups is 1. The van der Waals surface area contributed by atoms with Crippen molar-refractivity contribution in [3.05, 3.63) is 42.5 Å². The van der Waals surface area contributed by atoms with E-state index >= 15 is 0 Å². The van der Waals surface area contributed by atoms with Crippen LogP contribution in [0.3, 0.4) is 0 Å². The summed E-state index contributed by atoms with van der Waals surface area (Å²) in [7, 11) is 1.58. The summed E-state index contributed by atoms with van der Waals surface area (Å²) in [5, 5.41) is 2.62. The Labute approximate surface area is 145 Å². The highest BCUT2D eigenvalue weighted by atomic mass is 16.5. The number of imide groups is 2. The Morgan fingerprint density at radius 3 is 2.40 bits per heavy atom. The van der Waals surface area contributed by atoms with Gasteiger partial charge in [-0.3, -0.25) is 19.3 Å². The van der Waals surface area contributed by atoms with Crippen molar-refractivity contribution in [1.82, 2.24) is 15.1 Å². The molecule has 1 aliphatic heterocycles. The highest BCUT2D eigenvalue weighted by molar-refractivity contribution is 6.45. The van der Waals surface area contributed by atoms with Gasteiger partial charge in [-0.15, -0.1) is 6.58 Å². The molecule has 0 atom stereocenters. The molecule has 0 saturated carbocycles. The molecule has 25 heavy (non-hydrogen) atoms. The zero-order valence-electron chi connectivity index (χ0n) is 13.9. The molecule has 0 spiro atoms. The van der Waals surface area contributed by atoms with Gasteiger partial charge in [0, 0.05) is 13.1 Å². The molecule has 2 rings (SSSR count).